The lowest BCUT2D eigenvalue weighted by atomic mass is 10.1. The summed E-state index contributed by atoms with van der Waals surface area (Å²) in [5.74, 6) is 0. The number of nitrogens with one attached hydrogen (secondary N) is 2. The average molecular weight is 233 g/mol. The SMILES string of the molecule is CC.c1cnc2[nH]cc(C3CNCCO3)c2c1. The molecule has 0 bridgehead atoms. The summed E-state index contributed by atoms with van der Waals surface area (Å²) in [6.07, 6.45) is 3.94. The molecule has 1 saturated heterocycles. The minimum Gasteiger partial charge on any atom is -0.371 e. The fourth-order valence-corrected chi connectivity index (χ4v) is 2.01. The molecular formula is C13H19N3O. The van der Waals surface area contributed by atoms with Gasteiger partial charge < -0.3 is 15.0 Å². The molecule has 0 amide bonds. The molecule has 17 heavy (non-hydrogen) atoms. The van der Waals surface area contributed by atoms with Gasteiger partial charge in [-0.3, -0.25) is 0 Å². The second kappa shape index (κ2) is 5.80. The summed E-state index contributed by atoms with van der Waals surface area (Å²) in [6, 6.07) is 4.03. The number of nitrogens with zero attached hydrogens (tertiary/aromatic N) is 1. The van der Waals surface area contributed by atoms with E-state index in [2.05, 4.69) is 21.4 Å². The van der Waals surface area contributed by atoms with Crippen LogP contribution in [-0.2, 0) is 4.74 Å². The summed E-state index contributed by atoms with van der Waals surface area (Å²) in [5.41, 5.74) is 2.13. The van der Waals surface area contributed by atoms with Gasteiger partial charge in [0.05, 0.1) is 12.7 Å². The Bertz CT molecular complexity index is 460. The number of rotatable bonds is 1. The van der Waals surface area contributed by atoms with Crippen LogP contribution in [0.3, 0.4) is 0 Å². The van der Waals surface area contributed by atoms with E-state index in [1.165, 1.54) is 5.56 Å². The van der Waals surface area contributed by atoms with Crippen LogP contribution < -0.4 is 5.32 Å². The molecule has 0 radical (unpaired) electrons. The Morgan fingerprint density at radius 1 is 1.41 bits per heavy atom. The highest BCUT2D eigenvalue weighted by Crippen LogP contribution is 2.25. The van der Waals surface area contributed by atoms with Gasteiger partial charge >= 0.3 is 0 Å². The highest BCUT2D eigenvalue weighted by atomic mass is 16.5. The first-order valence-electron chi connectivity index (χ1n) is 6.19. The minimum absolute atomic E-state index is 0.150. The van der Waals surface area contributed by atoms with E-state index in [-0.39, 0.29) is 6.10 Å². The first-order valence-corrected chi connectivity index (χ1v) is 6.19. The van der Waals surface area contributed by atoms with Crippen LogP contribution in [-0.4, -0.2) is 29.7 Å². The minimum atomic E-state index is 0.150. The number of hydrogen-bond acceptors (Lipinski definition) is 3. The number of fused-ring (bicyclic) bond motifs is 1. The van der Waals surface area contributed by atoms with Crippen molar-refractivity contribution >= 4 is 11.0 Å². The first-order chi connectivity index (χ1) is 8.45. The Labute approximate surface area is 101 Å². The van der Waals surface area contributed by atoms with E-state index in [0.29, 0.717) is 0 Å². The van der Waals surface area contributed by atoms with Gasteiger partial charge in [-0.25, -0.2) is 4.98 Å². The van der Waals surface area contributed by atoms with Crippen molar-refractivity contribution < 1.29 is 4.74 Å². The van der Waals surface area contributed by atoms with E-state index < -0.39 is 0 Å². The molecule has 0 aromatic carbocycles. The third-order valence-corrected chi connectivity index (χ3v) is 2.76. The molecule has 1 fully saturated rings. The topological polar surface area (TPSA) is 49.9 Å². The van der Waals surface area contributed by atoms with Gasteiger partial charge in [-0.05, 0) is 12.1 Å². The van der Waals surface area contributed by atoms with E-state index in [0.717, 1.165) is 30.7 Å². The molecule has 92 valence electrons. The largest absolute Gasteiger partial charge is 0.371 e. The molecule has 2 N–H and O–H groups in total. The number of hydrogen-bond donors (Lipinski definition) is 2. The molecule has 1 aliphatic heterocycles. The molecule has 3 rings (SSSR count). The lowest BCUT2D eigenvalue weighted by Gasteiger charge is -2.23. The van der Waals surface area contributed by atoms with Crippen molar-refractivity contribution in [1.29, 1.82) is 0 Å². The number of aromatic nitrogens is 2. The monoisotopic (exact) mass is 233 g/mol. The van der Waals surface area contributed by atoms with E-state index in [1.54, 1.807) is 6.20 Å². The third-order valence-electron chi connectivity index (χ3n) is 2.76. The summed E-state index contributed by atoms with van der Waals surface area (Å²) < 4.78 is 5.72. The molecule has 2 aromatic rings. The highest BCUT2D eigenvalue weighted by Gasteiger charge is 2.18. The van der Waals surface area contributed by atoms with Crippen molar-refractivity contribution in [2.24, 2.45) is 0 Å². The van der Waals surface area contributed by atoms with E-state index in [1.807, 2.05) is 26.1 Å². The maximum Gasteiger partial charge on any atom is 0.137 e. The van der Waals surface area contributed by atoms with Gasteiger partial charge in [-0.1, -0.05) is 13.8 Å². The number of aromatic amines is 1. The van der Waals surface area contributed by atoms with Gasteiger partial charge in [0, 0.05) is 36.4 Å². The fourth-order valence-electron chi connectivity index (χ4n) is 2.01. The van der Waals surface area contributed by atoms with Crippen molar-refractivity contribution in [1.82, 2.24) is 15.3 Å². The average Bonchev–Trinajstić information content (AvgIpc) is 2.86. The van der Waals surface area contributed by atoms with Crippen LogP contribution in [0.5, 0.6) is 0 Å². The normalized spacial score (nSPS) is 19.8. The van der Waals surface area contributed by atoms with Gasteiger partial charge in [-0.2, -0.15) is 0 Å². The summed E-state index contributed by atoms with van der Waals surface area (Å²) >= 11 is 0. The van der Waals surface area contributed by atoms with Crippen molar-refractivity contribution in [3.8, 4) is 0 Å². The Kier molecular flexibility index (Phi) is 4.12. The lowest BCUT2D eigenvalue weighted by Crippen LogP contribution is -2.33. The van der Waals surface area contributed by atoms with E-state index in [4.69, 9.17) is 4.74 Å². The van der Waals surface area contributed by atoms with Crippen LogP contribution in [0.4, 0.5) is 0 Å². The van der Waals surface area contributed by atoms with Crippen molar-refractivity contribution in [3.63, 3.8) is 0 Å². The van der Waals surface area contributed by atoms with Gasteiger partial charge in [0.1, 0.15) is 5.65 Å². The maximum absolute atomic E-state index is 5.72. The fraction of sp³-hybridized carbons (Fsp3) is 0.462. The zero-order chi connectivity index (χ0) is 12.1. The van der Waals surface area contributed by atoms with E-state index in [9.17, 15) is 0 Å². The molecule has 1 unspecified atom stereocenters. The van der Waals surface area contributed by atoms with Crippen LogP contribution in [0.25, 0.3) is 11.0 Å². The molecule has 0 spiro atoms. The molecule has 3 heterocycles. The van der Waals surface area contributed by atoms with Crippen LogP contribution in [0.15, 0.2) is 24.5 Å². The maximum atomic E-state index is 5.72. The first kappa shape index (κ1) is 12.1. The predicted octanol–water partition coefficient (Wildman–Crippen LogP) is 2.25. The Balaban J connectivity index is 0.000000514. The molecular weight excluding hydrogens is 214 g/mol. The smallest absolute Gasteiger partial charge is 0.137 e. The Morgan fingerprint density at radius 3 is 3.06 bits per heavy atom. The van der Waals surface area contributed by atoms with Crippen LogP contribution in [0.1, 0.15) is 25.5 Å². The molecule has 0 saturated carbocycles. The van der Waals surface area contributed by atoms with Crippen LogP contribution >= 0.6 is 0 Å². The molecule has 4 heteroatoms. The van der Waals surface area contributed by atoms with Gasteiger partial charge in [0.15, 0.2) is 0 Å². The quantitative estimate of drug-likeness (QED) is 0.794. The van der Waals surface area contributed by atoms with Crippen molar-refractivity contribution in [2.45, 2.75) is 20.0 Å². The number of pyridine rings is 1. The number of ether oxygens (including phenoxy) is 1. The molecule has 1 aliphatic rings. The second-order valence-corrected chi connectivity index (χ2v) is 3.71. The Hall–Kier alpha value is -1.39. The summed E-state index contributed by atoms with van der Waals surface area (Å²) in [7, 11) is 0. The summed E-state index contributed by atoms with van der Waals surface area (Å²) in [6.45, 7) is 6.59. The van der Waals surface area contributed by atoms with Gasteiger partial charge in [0.2, 0.25) is 0 Å². The summed E-state index contributed by atoms with van der Waals surface area (Å²) in [4.78, 5) is 7.43. The third kappa shape index (κ3) is 2.48. The standard InChI is InChI=1S/C11H13N3O.C2H6/c1-2-8-9(6-14-11(8)13-3-1)10-7-12-4-5-15-10;1-2/h1-3,6,10,12H,4-5,7H2,(H,13,14);1-2H3. The molecule has 2 aromatic heterocycles. The molecule has 0 aliphatic carbocycles. The van der Waals surface area contributed by atoms with Crippen LogP contribution in [0.2, 0.25) is 0 Å². The number of morpholine rings is 1. The second-order valence-electron chi connectivity index (χ2n) is 3.71. The number of H-pyrrole nitrogens is 1. The van der Waals surface area contributed by atoms with Gasteiger partial charge in [0.25, 0.3) is 0 Å². The van der Waals surface area contributed by atoms with Gasteiger partial charge in [-0.15, -0.1) is 0 Å². The zero-order valence-corrected chi connectivity index (χ0v) is 10.4. The highest BCUT2D eigenvalue weighted by molar-refractivity contribution is 5.79. The van der Waals surface area contributed by atoms with E-state index >= 15 is 0 Å². The molecule has 1 atom stereocenters. The van der Waals surface area contributed by atoms with Crippen molar-refractivity contribution in [3.05, 3.63) is 30.1 Å². The Morgan fingerprint density at radius 2 is 2.29 bits per heavy atom. The molecule has 4 nitrogen and oxygen atoms in total. The summed E-state index contributed by atoms with van der Waals surface area (Å²) in [5, 5.41) is 4.49. The predicted molar refractivity (Wildman–Crippen MR) is 69.0 cm³/mol. The zero-order valence-electron chi connectivity index (χ0n) is 10.4. The van der Waals surface area contributed by atoms with Crippen LogP contribution in [0, 0.1) is 0 Å². The lowest BCUT2D eigenvalue weighted by molar-refractivity contribution is 0.0286. The van der Waals surface area contributed by atoms with Crippen molar-refractivity contribution in [2.75, 3.05) is 19.7 Å².